The second-order valence-corrected chi connectivity index (χ2v) is 7.66. The van der Waals surface area contributed by atoms with E-state index in [1.165, 1.54) is 12.1 Å². The summed E-state index contributed by atoms with van der Waals surface area (Å²) >= 11 is 0. The maximum atomic E-state index is 12.2. The van der Waals surface area contributed by atoms with Crippen LogP contribution in [-0.2, 0) is 16.1 Å². The molecule has 0 unspecified atom stereocenters. The van der Waals surface area contributed by atoms with Crippen LogP contribution >= 0.6 is 0 Å². The van der Waals surface area contributed by atoms with E-state index in [4.69, 9.17) is 4.74 Å². The van der Waals surface area contributed by atoms with Crippen molar-refractivity contribution in [2.24, 2.45) is 0 Å². The zero-order valence-electron chi connectivity index (χ0n) is 17.3. The molecule has 0 saturated heterocycles. The molecule has 0 aliphatic rings. The summed E-state index contributed by atoms with van der Waals surface area (Å²) in [5.41, 5.74) is 1.23. The number of nitrogens with one attached hydrogen (secondary N) is 3. The van der Waals surface area contributed by atoms with E-state index in [1.807, 2.05) is 0 Å². The molecule has 0 atom stereocenters. The summed E-state index contributed by atoms with van der Waals surface area (Å²) in [6.07, 6.45) is -0.421. The second-order valence-electron chi connectivity index (χ2n) is 7.66. The quantitative estimate of drug-likeness (QED) is 0.556. The van der Waals surface area contributed by atoms with E-state index in [-0.39, 0.29) is 30.5 Å². The monoisotopic (exact) mass is 413 g/mol. The van der Waals surface area contributed by atoms with E-state index >= 15 is 0 Å². The van der Waals surface area contributed by atoms with Crippen LogP contribution in [-0.4, -0.2) is 35.2 Å². The molecule has 0 spiro atoms. The van der Waals surface area contributed by atoms with Crippen molar-refractivity contribution >= 4 is 23.6 Å². The van der Waals surface area contributed by atoms with E-state index in [9.17, 15) is 19.5 Å². The van der Waals surface area contributed by atoms with Gasteiger partial charge in [-0.2, -0.15) is 0 Å². The van der Waals surface area contributed by atoms with Gasteiger partial charge in [0.25, 0.3) is 5.91 Å². The minimum absolute atomic E-state index is 0.0232. The predicted octanol–water partition coefficient (Wildman–Crippen LogP) is 3.18. The maximum absolute atomic E-state index is 12.2. The van der Waals surface area contributed by atoms with Gasteiger partial charge in [-0.05, 0) is 56.7 Å². The zero-order chi connectivity index (χ0) is 22.1. The zero-order valence-corrected chi connectivity index (χ0v) is 17.3. The minimum Gasteiger partial charge on any atom is -0.508 e. The third kappa shape index (κ3) is 8.22. The SMILES string of the molecule is CC(C)(C)OC(=O)NCCC(=O)NCc1ccc(NC(=O)c2cccc(O)c2)cc1. The molecule has 0 radical (unpaired) electrons. The van der Waals surface area contributed by atoms with Crippen LogP contribution < -0.4 is 16.0 Å². The highest BCUT2D eigenvalue weighted by Crippen LogP contribution is 2.14. The van der Waals surface area contributed by atoms with Gasteiger partial charge in [0.05, 0.1) is 0 Å². The molecule has 2 rings (SSSR count). The van der Waals surface area contributed by atoms with E-state index in [0.717, 1.165) is 5.56 Å². The van der Waals surface area contributed by atoms with Crippen molar-refractivity contribution in [1.82, 2.24) is 10.6 Å². The van der Waals surface area contributed by atoms with Gasteiger partial charge < -0.3 is 25.8 Å². The standard InChI is InChI=1S/C22H27N3O5/c1-22(2,3)30-21(29)23-12-11-19(27)24-14-15-7-9-17(10-8-15)25-20(28)16-5-4-6-18(26)13-16/h4-10,13,26H,11-12,14H2,1-3H3,(H,23,29)(H,24,27)(H,25,28). The Labute approximate surface area is 175 Å². The Balaban J connectivity index is 1.73. The topological polar surface area (TPSA) is 117 Å². The van der Waals surface area contributed by atoms with Gasteiger partial charge in [0, 0.05) is 30.8 Å². The van der Waals surface area contributed by atoms with E-state index in [2.05, 4.69) is 16.0 Å². The van der Waals surface area contributed by atoms with E-state index < -0.39 is 11.7 Å². The first kappa shape index (κ1) is 22.7. The molecule has 2 aromatic carbocycles. The summed E-state index contributed by atoms with van der Waals surface area (Å²) < 4.78 is 5.10. The van der Waals surface area contributed by atoms with Gasteiger partial charge in [0.2, 0.25) is 5.91 Å². The molecule has 0 saturated carbocycles. The minimum atomic E-state index is -0.582. The van der Waals surface area contributed by atoms with Crippen molar-refractivity contribution in [2.75, 3.05) is 11.9 Å². The fraction of sp³-hybridized carbons (Fsp3) is 0.318. The normalized spacial score (nSPS) is 10.8. The van der Waals surface area contributed by atoms with Crippen LogP contribution in [0.3, 0.4) is 0 Å². The number of hydrogen-bond donors (Lipinski definition) is 4. The van der Waals surface area contributed by atoms with Gasteiger partial charge in [-0.15, -0.1) is 0 Å². The number of phenols is 1. The molecule has 3 amide bonds. The Morgan fingerprint density at radius 2 is 1.70 bits per heavy atom. The molecular weight excluding hydrogens is 386 g/mol. The van der Waals surface area contributed by atoms with Crippen LogP contribution in [0.25, 0.3) is 0 Å². The number of anilines is 1. The first-order valence-corrected chi connectivity index (χ1v) is 9.55. The summed E-state index contributed by atoms with van der Waals surface area (Å²) in [5, 5.41) is 17.5. The first-order valence-electron chi connectivity index (χ1n) is 9.55. The molecule has 4 N–H and O–H groups in total. The van der Waals surface area contributed by atoms with Gasteiger partial charge in [-0.3, -0.25) is 9.59 Å². The number of hydrogen-bond acceptors (Lipinski definition) is 5. The molecule has 2 aromatic rings. The lowest BCUT2D eigenvalue weighted by Crippen LogP contribution is -2.35. The fourth-order valence-corrected chi connectivity index (χ4v) is 2.44. The highest BCUT2D eigenvalue weighted by Gasteiger charge is 2.15. The second kappa shape index (κ2) is 10.3. The smallest absolute Gasteiger partial charge is 0.407 e. The number of carbonyl (C=O) groups is 3. The Kier molecular flexibility index (Phi) is 7.80. The molecule has 0 aromatic heterocycles. The third-order valence-corrected chi connectivity index (χ3v) is 3.83. The molecule has 0 fully saturated rings. The first-order chi connectivity index (χ1) is 14.1. The van der Waals surface area contributed by atoms with Crippen LogP contribution in [0.2, 0.25) is 0 Å². The Hall–Kier alpha value is -3.55. The lowest BCUT2D eigenvalue weighted by molar-refractivity contribution is -0.121. The van der Waals surface area contributed by atoms with Crippen molar-refractivity contribution in [2.45, 2.75) is 39.3 Å². The maximum Gasteiger partial charge on any atom is 0.407 e. The Morgan fingerprint density at radius 3 is 2.33 bits per heavy atom. The molecule has 8 heteroatoms. The molecule has 30 heavy (non-hydrogen) atoms. The average molecular weight is 413 g/mol. The van der Waals surface area contributed by atoms with Crippen LogP contribution in [0.5, 0.6) is 5.75 Å². The van der Waals surface area contributed by atoms with Gasteiger partial charge in [-0.25, -0.2) is 4.79 Å². The average Bonchev–Trinajstić information content (AvgIpc) is 2.66. The Bertz CT molecular complexity index is 888. The molecule has 0 aliphatic heterocycles. The van der Waals surface area contributed by atoms with Gasteiger partial charge in [0.1, 0.15) is 11.4 Å². The van der Waals surface area contributed by atoms with Crippen molar-refractivity contribution < 1.29 is 24.2 Å². The summed E-state index contributed by atoms with van der Waals surface area (Å²) in [7, 11) is 0. The number of alkyl carbamates (subject to hydrolysis) is 1. The highest BCUT2D eigenvalue weighted by atomic mass is 16.6. The number of carbonyl (C=O) groups excluding carboxylic acids is 3. The van der Waals surface area contributed by atoms with Gasteiger partial charge >= 0.3 is 6.09 Å². The van der Waals surface area contributed by atoms with Crippen molar-refractivity contribution in [1.29, 1.82) is 0 Å². The predicted molar refractivity (Wildman–Crippen MR) is 113 cm³/mol. The lowest BCUT2D eigenvalue weighted by Gasteiger charge is -2.19. The molecule has 0 aliphatic carbocycles. The number of rotatable bonds is 7. The highest BCUT2D eigenvalue weighted by molar-refractivity contribution is 6.04. The van der Waals surface area contributed by atoms with Crippen LogP contribution in [0, 0.1) is 0 Å². The van der Waals surface area contributed by atoms with Crippen LogP contribution in [0.1, 0.15) is 43.1 Å². The largest absolute Gasteiger partial charge is 0.508 e. The third-order valence-electron chi connectivity index (χ3n) is 3.83. The number of benzene rings is 2. The van der Waals surface area contributed by atoms with Crippen LogP contribution in [0.15, 0.2) is 48.5 Å². The number of amides is 3. The molecule has 160 valence electrons. The molecule has 0 heterocycles. The lowest BCUT2D eigenvalue weighted by atomic mass is 10.1. The number of ether oxygens (including phenoxy) is 1. The van der Waals surface area contributed by atoms with Gasteiger partial charge in [0.15, 0.2) is 0 Å². The Morgan fingerprint density at radius 1 is 1.00 bits per heavy atom. The summed E-state index contributed by atoms with van der Waals surface area (Å²) in [6, 6.07) is 13.1. The van der Waals surface area contributed by atoms with Crippen molar-refractivity contribution in [3.05, 3.63) is 59.7 Å². The van der Waals surface area contributed by atoms with Crippen molar-refractivity contribution in [3.63, 3.8) is 0 Å². The van der Waals surface area contributed by atoms with Crippen LogP contribution in [0.4, 0.5) is 10.5 Å². The number of aromatic hydroxyl groups is 1. The van der Waals surface area contributed by atoms with E-state index in [1.54, 1.807) is 57.2 Å². The summed E-state index contributed by atoms with van der Waals surface area (Å²) in [4.78, 5) is 35.6. The summed E-state index contributed by atoms with van der Waals surface area (Å²) in [5.74, 6) is -0.508. The van der Waals surface area contributed by atoms with E-state index in [0.29, 0.717) is 17.8 Å². The fourth-order valence-electron chi connectivity index (χ4n) is 2.44. The van der Waals surface area contributed by atoms with Gasteiger partial charge in [-0.1, -0.05) is 18.2 Å². The van der Waals surface area contributed by atoms with Crippen molar-refractivity contribution in [3.8, 4) is 5.75 Å². The molecule has 8 nitrogen and oxygen atoms in total. The summed E-state index contributed by atoms with van der Waals surface area (Å²) in [6.45, 7) is 5.81. The molecule has 0 bridgehead atoms. The molecular formula is C22H27N3O5. The number of phenolic OH excluding ortho intramolecular Hbond substituents is 1.